The fourth-order valence-electron chi connectivity index (χ4n) is 2.31. The van der Waals surface area contributed by atoms with Crippen molar-refractivity contribution in [2.45, 2.75) is 19.1 Å². The Morgan fingerprint density at radius 1 is 1.20 bits per heavy atom. The molecule has 7 heteroatoms. The highest BCUT2D eigenvalue weighted by atomic mass is 35.5. The van der Waals surface area contributed by atoms with Crippen molar-refractivity contribution in [3.05, 3.63) is 70.2 Å². The van der Waals surface area contributed by atoms with Crippen LogP contribution in [0.2, 0.25) is 5.02 Å². The summed E-state index contributed by atoms with van der Waals surface area (Å²) in [5.41, 5.74) is 6.79. The first-order valence-electron chi connectivity index (χ1n) is 7.45. The molecule has 2 aromatic carbocycles. The standard InChI is InChI=1S/C18H16ClN3O3/c19-15-8-4-3-7-14(15)16(22-18(21)24)9-17(23)25-11-13-6-2-1-5-12(13)10-20/h1-8,16H,9,11H2,(H3,21,22,24)/t16-/m0/s1. The van der Waals surface area contributed by atoms with E-state index in [1.54, 1.807) is 48.5 Å². The average Bonchev–Trinajstić information content (AvgIpc) is 2.59. The third-order valence-corrected chi connectivity index (χ3v) is 3.84. The molecule has 2 rings (SSSR count). The lowest BCUT2D eigenvalue weighted by Crippen LogP contribution is -2.34. The Morgan fingerprint density at radius 3 is 2.56 bits per heavy atom. The van der Waals surface area contributed by atoms with E-state index in [2.05, 4.69) is 5.32 Å². The number of nitrogens with zero attached hydrogens (tertiary/aromatic N) is 1. The van der Waals surface area contributed by atoms with E-state index in [1.807, 2.05) is 6.07 Å². The zero-order chi connectivity index (χ0) is 18.2. The van der Waals surface area contributed by atoms with Gasteiger partial charge in [0, 0.05) is 10.6 Å². The summed E-state index contributed by atoms with van der Waals surface area (Å²) in [4.78, 5) is 23.4. The Morgan fingerprint density at radius 2 is 1.88 bits per heavy atom. The molecule has 0 radical (unpaired) electrons. The van der Waals surface area contributed by atoms with Crippen molar-refractivity contribution >= 4 is 23.6 Å². The minimum absolute atomic E-state index is 0.0334. The van der Waals surface area contributed by atoms with Crippen molar-refractivity contribution in [2.24, 2.45) is 5.73 Å². The number of benzene rings is 2. The molecular weight excluding hydrogens is 342 g/mol. The first kappa shape index (κ1) is 18.3. The Balaban J connectivity index is 2.06. The van der Waals surface area contributed by atoms with Crippen LogP contribution < -0.4 is 11.1 Å². The highest BCUT2D eigenvalue weighted by molar-refractivity contribution is 6.31. The third-order valence-electron chi connectivity index (χ3n) is 3.49. The molecule has 3 N–H and O–H groups in total. The van der Waals surface area contributed by atoms with Crippen LogP contribution >= 0.6 is 11.6 Å². The Labute approximate surface area is 150 Å². The van der Waals surface area contributed by atoms with Crippen molar-refractivity contribution in [3.8, 4) is 6.07 Å². The second-order valence-electron chi connectivity index (χ2n) is 5.22. The summed E-state index contributed by atoms with van der Waals surface area (Å²) in [5, 5.41) is 11.9. The summed E-state index contributed by atoms with van der Waals surface area (Å²) < 4.78 is 5.22. The molecule has 0 fully saturated rings. The molecule has 1 atom stereocenters. The number of primary amides is 1. The molecule has 0 heterocycles. The van der Waals surface area contributed by atoms with Gasteiger partial charge in [-0.1, -0.05) is 48.0 Å². The van der Waals surface area contributed by atoms with Gasteiger partial charge in [0.1, 0.15) is 6.61 Å². The summed E-state index contributed by atoms with van der Waals surface area (Å²) in [6.07, 6.45) is -0.138. The van der Waals surface area contributed by atoms with Gasteiger partial charge in [-0.3, -0.25) is 4.79 Å². The molecule has 6 nitrogen and oxygen atoms in total. The topological polar surface area (TPSA) is 105 Å². The van der Waals surface area contributed by atoms with Crippen LogP contribution in [0.15, 0.2) is 48.5 Å². The molecule has 0 saturated heterocycles. The fourth-order valence-corrected chi connectivity index (χ4v) is 2.57. The van der Waals surface area contributed by atoms with Crippen LogP contribution in [0.1, 0.15) is 29.2 Å². The lowest BCUT2D eigenvalue weighted by atomic mass is 10.0. The van der Waals surface area contributed by atoms with Gasteiger partial charge in [-0.25, -0.2) is 4.79 Å². The summed E-state index contributed by atoms with van der Waals surface area (Å²) in [7, 11) is 0. The molecule has 25 heavy (non-hydrogen) atoms. The Kier molecular flexibility index (Phi) is 6.38. The number of nitriles is 1. The van der Waals surface area contributed by atoms with E-state index in [9.17, 15) is 9.59 Å². The largest absolute Gasteiger partial charge is 0.461 e. The summed E-state index contributed by atoms with van der Waals surface area (Å²) in [5.74, 6) is -0.550. The first-order valence-corrected chi connectivity index (χ1v) is 7.83. The van der Waals surface area contributed by atoms with E-state index >= 15 is 0 Å². The van der Waals surface area contributed by atoms with Crippen molar-refractivity contribution in [2.75, 3.05) is 0 Å². The van der Waals surface area contributed by atoms with Gasteiger partial charge in [0.25, 0.3) is 0 Å². The number of carbonyl (C=O) groups excluding carboxylic acids is 2. The predicted octanol–water partition coefficient (Wildman–Crippen LogP) is 3.05. The maximum atomic E-state index is 12.2. The number of rotatable bonds is 6. The lowest BCUT2D eigenvalue weighted by molar-refractivity contribution is -0.145. The number of amides is 2. The molecule has 0 aliphatic rings. The van der Waals surface area contributed by atoms with Crippen LogP contribution in [0.25, 0.3) is 0 Å². The van der Waals surface area contributed by atoms with E-state index in [1.165, 1.54) is 0 Å². The van der Waals surface area contributed by atoms with Crippen molar-refractivity contribution in [1.29, 1.82) is 5.26 Å². The van der Waals surface area contributed by atoms with Crippen molar-refractivity contribution in [3.63, 3.8) is 0 Å². The maximum Gasteiger partial charge on any atom is 0.312 e. The number of carbonyl (C=O) groups is 2. The summed E-state index contributed by atoms with van der Waals surface area (Å²) >= 11 is 6.12. The van der Waals surface area contributed by atoms with Gasteiger partial charge in [0.2, 0.25) is 0 Å². The SMILES string of the molecule is N#Cc1ccccc1COC(=O)C[C@H](NC(N)=O)c1ccccc1Cl. The zero-order valence-corrected chi connectivity index (χ0v) is 14.0. The first-order chi connectivity index (χ1) is 12.0. The molecule has 0 spiro atoms. The van der Waals surface area contributed by atoms with E-state index in [0.717, 1.165) is 0 Å². The van der Waals surface area contributed by atoms with E-state index in [0.29, 0.717) is 21.7 Å². The van der Waals surface area contributed by atoms with Gasteiger partial charge >= 0.3 is 12.0 Å². The van der Waals surface area contributed by atoms with Crippen LogP contribution in [-0.2, 0) is 16.1 Å². The highest BCUT2D eigenvalue weighted by Crippen LogP contribution is 2.25. The van der Waals surface area contributed by atoms with Crippen LogP contribution in [0, 0.1) is 11.3 Å². The number of halogens is 1. The van der Waals surface area contributed by atoms with Gasteiger partial charge in [-0.15, -0.1) is 0 Å². The van der Waals surface area contributed by atoms with Crippen LogP contribution in [0.3, 0.4) is 0 Å². The average molecular weight is 358 g/mol. The van der Waals surface area contributed by atoms with Gasteiger partial charge in [-0.2, -0.15) is 5.26 Å². The number of nitrogens with one attached hydrogen (secondary N) is 1. The number of hydrogen-bond donors (Lipinski definition) is 2. The van der Waals surface area contributed by atoms with Gasteiger partial charge < -0.3 is 15.8 Å². The molecule has 0 unspecified atom stereocenters. The van der Waals surface area contributed by atoms with Crippen LogP contribution in [-0.4, -0.2) is 12.0 Å². The van der Waals surface area contributed by atoms with E-state index in [4.69, 9.17) is 27.3 Å². The van der Waals surface area contributed by atoms with Gasteiger partial charge in [0.15, 0.2) is 0 Å². The normalized spacial score (nSPS) is 11.2. The third kappa shape index (κ3) is 5.23. The summed E-state index contributed by atoms with van der Waals surface area (Å²) in [6, 6.07) is 14.2. The predicted molar refractivity (Wildman–Crippen MR) is 92.5 cm³/mol. The second kappa shape index (κ2) is 8.71. The zero-order valence-electron chi connectivity index (χ0n) is 13.2. The van der Waals surface area contributed by atoms with Gasteiger partial charge in [0.05, 0.1) is 24.1 Å². The molecule has 128 valence electrons. The number of esters is 1. The smallest absolute Gasteiger partial charge is 0.312 e. The molecule has 2 aromatic rings. The quantitative estimate of drug-likeness (QED) is 0.775. The van der Waals surface area contributed by atoms with Crippen molar-refractivity contribution in [1.82, 2.24) is 5.32 Å². The molecule has 0 saturated carbocycles. The second-order valence-corrected chi connectivity index (χ2v) is 5.62. The Hall–Kier alpha value is -3.04. The van der Waals surface area contributed by atoms with Crippen LogP contribution in [0.5, 0.6) is 0 Å². The Bertz CT molecular complexity index is 817. The molecular formula is C18H16ClN3O3. The molecule has 2 amide bonds. The van der Waals surface area contributed by atoms with E-state index < -0.39 is 18.0 Å². The minimum Gasteiger partial charge on any atom is -0.461 e. The van der Waals surface area contributed by atoms with Gasteiger partial charge in [-0.05, 0) is 17.7 Å². The fraction of sp³-hybridized carbons (Fsp3) is 0.167. The number of ether oxygens (including phenoxy) is 1. The van der Waals surface area contributed by atoms with Crippen LogP contribution in [0.4, 0.5) is 4.79 Å². The number of hydrogen-bond acceptors (Lipinski definition) is 4. The number of nitrogens with two attached hydrogens (primary N) is 1. The molecule has 0 bridgehead atoms. The molecule has 0 aliphatic carbocycles. The minimum atomic E-state index is -0.771. The molecule has 0 aliphatic heterocycles. The lowest BCUT2D eigenvalue weighted by Gasteiger charge is -2.18. The number of urea groups is 1. The summed E-state index contributed by atoms with van der Waals surface area (Å²) in [6.45, 7) is -0.0334. The molecule has 0 aromatic heterocycles. The van der Waals surface area contributed by atoms with Crippen molar-refractivity contribution < 1.29 is 14.3 Å². The maximum absolute atomic E-state index is 12.2. The highest BCUT2D eigenvalue weighted by Gasteiger charge is 2.20. The monoisotopic (exact) mass is 357 g/mol. The van der Waals surface area contributed by atoms with E-state index in [-0.39, 0.29) is 13.0 Å².